The number of ether oxygens (including phenoxy) is 1. The molecule has 0 atom stereocenters. The quantitative estimate of drug-likeness (QED) is 0.492. The van der Waals surface area contributed by atoms with E-state index in [1.807, 2.05) is 55.5 Å². The molecule has 5 nitrogen and oxygen atoms in total. The van der Waals surface area contributed by atoms with Crippen LogP contribution in [0.4, 0.5) is 0 Å². The molecule has 142 valence electrons. The fourth-order valence-electron chi connectivity index (χ4n) is 2.84. The van der Waals surface area contributed by atoms with Gasteiger partial charge >= 0.3 is 0 Å². The monoisotopic (exact) mass is 366 g/mol. The Hall–Kier alpha value is -2.60. The maximum absolute atomic E-state index is 9.26. The summed E-state index contributed by atoms with van der Waals surface area (Å²) in [5.74, 6) is 1.53. The minimum atomic E-state index is -0.936. The summed E-state index contributed by atoms with van der Waals surface area (Å²) in [6, 6.07) is 19.8. The van der Waals surface area contributed by atoms with Crippen molar-refractivity contribution in [3.63, 3.8) is 0 Å². The lowest BCUT2D eigenvalue weighted by molar-refractivity contribution is 0.115. The van der Waals surface area contributed by atoms with Gasteiger partial charge in [0.25, 0.3) is 0 Å². The number of hydrogen-bond acceptors (Lipinski definition) is 4. The molecule has 0 bridgehead atoms. The highest BCUT2D eigenvalue weighted by atomic mass is 16.5. The third-order valence-electron chi connectivity index (χ3n) is 4.70. The molecular formula is C22H26N2O3. The van der Waals surface area contributed by atoms with Gasteiger partial charge in [0.05, 0.1) is 18.8 Å². The molecule has 0 fully saturated rings. The van der Waals surface area contributed by atoms with Gasteiger partial charge in [-0.2, -0.15) is 0 Å². The zero-order valence-electron chi connectivity index (χ0n) is 15.5. The molecule has 0 saturated carbocycles. The highest BCUT2D eigenvalue weighted by Gasteiger charge is 2.22. The van der Waals surface area contributed by atoms with E-state index in [9.17, 15) is 10.2 Å². The van der Waals surface area contributed by atoms with Crippen LogP contribution in [0.5, 0.6) is 11.5 Å². The number of nitrogens with one attached hydrogen (secondary N) is 1. The molecule has 3 rings (SSSR count). The molecule has 1 aromatic heterocycles. The van der Waals surface area contributed by atoms with Crippen molar-refractivity contribution in [2.75, 3.05) is 13.2 Å². The third kappa shape index (κ3) is 4.98. The summed E-state index contributed by atoms with van der Waals surface area (Å²) in [6.07, 6.45) is 1.20. The second-order valence-corrected chi connectivity index (χ2v) is 7.00. The largest absolute Gasteiger partial charge is 0.457 e. The normalized spacial score (nSPS) is 11.6. The summed E-state index contributed by atoms with van der Waals surface area (Å²) in [7, 11) is 0. The summed E-state index contributed by atoms with van der Waals surface area (Å²) >= 11 is 0. The second-order valence-electron chi connectivity index (χ2n) is 7.00. The number of hydrogen-bond donors (Lipinski definition) is 4. The Bertz CT molecular complexity index is 850. The van der Waals surface area contributed by atoms with E-state index in [0.29, 0.717) is 12.8 Å². The van der Waals surface area contributed by atoms with Crippen molar-refractivity contribution in [2.24, 2.45) is 5.73 Å². The standard InChI is InChI=1S/C22H26N2O3/c1-16-2-11-21(24-16)18-5-9-20(10-6-18)27-19-7-3-17(4-8-19)12-13-22(23,14-25)15-26/h2-11,24-26H,12-15,23H2,1H3. The molecule has 27 heavy (non-hydrogen) atoms. The third-order valence-corrected chi connectivity index (χ3v) is 4.70. The lowest BCUT2D eigenvalue weighted by atomic mass is 9.94. The average molecular weight is 366 g/mol. The van der Waals surface area contributed by atoms with Crippen molar-refractivity contribution in [1.82, 2.24) is 4.98 Å². The van der Waals surface area contributed by atoms with E-state index in [4.69, 9.17) is 10.5 Å². The number of H-pyrrole nitrogens is 1. The molecule has 0 radical (unpaired) electrons. The van der Waals surface area contributed by atoms with Crippen LogP contribution < -0.4 is 10.5 Å². The summed E-state index contributed by atoms with van der Waals surface area (Å²) in [5, 5.41) is 18.5. The molecule has 0 unspecified atom stereocenters. The number of rotatable bonds is 8. The van der Waals surface area contributed by atoms with Crippen molar-refractivity contribution >= 4 is 0 Å². The lowest BCUT2D eigenvalue weighted by Gasteiger charge is -2.24. The molecule has 2 aromatic carbocycles. The molecule has 0 amide bonds. The Morgan fingerprint density at radius 3 is 2.00 bits per heavy atom. The molecule has 5 heteroatoms. The van der Waals surface area contributed by atoms with Crippen molar-refractivity contribution in [3.8, 4) is 22.8 Å². The van der Waals surface area contributed by atoms with E-state index in [-0.39, 0.29) is 13.2 Å². The summed E-state index contributed by atoms with van der Waals surface area (Å²) in [5.41, 5.74) is 9.39. The molecule has 0 saturated heterocycles. The second kappa shape index (κ2) is 8.39. The Balaban J connectivity index is 1.59. The van der Waals surface area contributed by atoms with Gasteiger partial charge in [0.15, 0.2) is 0 Å². The van der Waals surface area contributed by atoms with Crippen LogP contribution in [0.15, 0.2) is 60.7 Å². The van der Waals surface area contributed by atoms with Gasteiger partial charge in [0.2, 0.25) is 0 Å². The van der Waals surface area contributed by atoms with Crippen LogP contribution in [0.25, 0.3) is 11.3 Å². The summed E-state index contributed by atoms with van der Waals surface area (Å²) < 4.78 is 5.90. The van der Waals surface area contributed by atoms with Crippen LogP contribution in [-0.4, -0.2) is 33.9 Å². The first-order valence-corrected chi connectivity index (χ1v) is 9.05. The topological polar surface area (TPSA) is 91.5 Å². The van der Waals surface area contributed by atoms with Crippen molar-refractivity contribution in [2.45, 2.75) is 25.3 Å². The minimum absolute atomic E-state index is 0.233. The van der Waals surface area contributed by atoms with Gasteiger partial charge in [-0.1, -0.05) is 12.1 Å². The smallest absolute Gasteiger partial charge is 0.127 e. The minimum Gasteiger partial charge on any atom is -0.457 e. The Kier molecular flexibility index (Phi) is 5.96. The maximum Gasteiger partial charge on any atom is 0.127 e. The van der Waals surface area contributed by atoms with Gasteiger partial charge in [-0.25, -0.2) is 0 Å². The van der Waals surface area contributed by atoms with Crippen LogP contribution >= 0.6 is 0 Å². The number of benzene rings is 2. The molecule has 1 heterocycles. The molecule has 0 aliphatic carbocycles. The summed E-state index contributed by atoms with van der Waals surface area (Å²) in [6.45, 7) is 1.57. The zero-order chi connectivity index (χ0) is 19.3. The van der Waals surface area contributed by atoms with Crippen molar-refractivity contribution in [1.29, 1.82) is 0 Å². The number of nitrogens with two attached hydrogens (primary N) is 1. The number of aromatic amines is 1. The van der Waals surface area contributed by atoms with Gasteiger partial charge in [-0.15, -0.1) is 0 Å². The summed E-state index contributed by atoms with van der Waals surface area (Å²) in [4.78, 5) is 3.32. The fourth-order valence-corrected chi connectivity index (χ4v) is 2.84. The van der Waals surface area contributed by atoms with E-state index >= 15 is 0 Å². The SMILES string of the molecule is Cc1ccc(-c2ccc(Oc3ccc(CCC(N)(CO)CO)cc3)cc2)[nH]1. The van der Waals surface area contributed by atoms with Gasteiger partial charge in [0, 0.05) is 11.4 Å². The predicted molar refractivity (Wildman–Crippen MR) is 107 cm³/mol. The Morgan fingerprint density at radius 1 is 0.889 bits per heavy atom. The molecule has 0 aliphatic heterocycles. The van der Waals surface area contributed by atoms with Gasteiger partial charge < -0.3 is 25.7 Å². The lowest BCUT2D eigenvalue weighted by Crippen LogP contribution is -2.47. The van der Waals surface area contributed by atoms with Gasteiger partial charge in [-0.3, -0.25) is 0 Å². The number of aromatic nitrogens is 1. The first-order chi connectivity index (χ1) is 13.0. The van der Waals surface area contributed by atoms with E-state index in [0.717, 1.165) is 34.0 Å². The highest BCUT2D eigenvalue weighted by molar-refractivity contribution is 5.61. The maximum atomic E-state index is 9.26. The van der Waals surface area contributed by atoms with Crippen molar-refractivity contribution < 1.29 is 14.9 Å². The fraction of sp³-hybridized carbons (Fsp3) is 0.273. The van der Waals surface area contributed by atoms with Crippen LogP contribution in [0.1, 0.15) is 17.7 Å². The molecule has 0 spiro atoms. The first kappa shape index (κ1) is 19.2. The molecule has 5 N–H and O–H groups in total. The Morgan fingerprint density at radius 2 is 1.48 bits per heavy atom. The van der Waals surface area contributed by atoms with E-state index < -0.39 is 5.54 Å². The average Bonchev–Trinajstić information content (AvgIpc) is 3.14. The number of aliphatic hydroxyl groups excluding tert-OH is 2. The van der Waals surface area contributed by atoms with Crippen LogP contribution in [0.2, 0.25) is 0 Å². The van der Waals surface area contributed by atoms with Gasteiger partial charge in [-0.05, 0) is 79.4 Å². The van der Waals surface area contributed by atoms with E-state index in [1.54, 1.807) is 0 Å². The van der Waals surface area contributed by atoms with E-state index in [2.05, 4.69) is 17.1 Å². The first-order valence-electron chi connectivity index (χ1n) is 9.05. The van der Waals surface area contributed by atoms with E-state index in [1.165, 1.54) is 0 Å². The van der Waals surface area contributed by atoms with Crippen LogP contribution in [0.3, 0.4) is 0 Å². The van der Waals surface area contributed by atoms with Crippen molar-refractivity contribution in [3.05, 3.63) is 71.9 Å². The number of aryl methyl sites for hydroxylation is 2. The van der Waals surface area contributed by atoms with Gasteiger partial charge in [0.1, 0.15) is 11.5 Å². The number of aliphatic hydroxyl groups is 2. The Labute approximate surface area is 159 Å². The van der Waals surface area contributed by atoms with Crippen LogP contribution in [-0.2, 0) is 6.42 Å². The molecule has 0 aliphatic rings. The highest BCUT2D eigenvalue weighted by Crippen LogP contribution is 2.26. The predicted octanol–water partition coefficient (Wildman–Crippen LogP) is 3.40. The molecular weight excluding hydrogens is 340 g/mol. The van der Waals surface area contributed by atoms with Crippen LogP contribution in [0, 0.1) is 6.92 Å². The molecule has 3 aromatic rings. The zero-order valence-corrected chi connectivity index (χ0v) is 15.5.